The Balaban J connectivity index is 1.76. The van der Waals surface area contributed by atoms with Crippen molar-refractivity contribution in [2.24, 2.45) is 5.16 Å². The standard InChI is InChI=1S/C19H23FN2O/c1-2-14-7-5-11-22-13-19(23-21-18(14)22)10-4-3-6-15-12-16(20)8-9-17(15)19/h2,8-9,12H,3-7,10-11,13H2,1H3/b14-2+. The first-order valence-corrected chi connectivity index (χ1v) is 8.67. The van der Waals surface area contributed by atoms with Crippen LogP contribution in [0.1, 0.15) is 50.2 Å². The molecular weight excluding hydrogens is 291 g/mol. The highest BCUT2D eigenvalue weighted by Crippen LogP contribution is 2.41. The van der Waals surface area contributed by atoms with Crippen LogP contribution in [0.4, 0.5) is 4.39 Å². The number of allylic oxidation sites excluding steroid dienone is 1. The van der Waals surface area contributed by atoms with Gasteiger partial charge in [-0.2, -0.15) is 0 Å². The minimum atomic E-state index is -0.417. The minimum Gasteiger partial charge on any atom is -0.381 e. The summed E-state index contributed by atoms with van der Waals surface area (Å²) >= 11 is 0. The summed E-state index contributed by atoms with van der Waals surface area (Å²) in [4.78, 5) is 8.50. The normalized spacial score (nSPS) is 28.7. The molecule has 0 bridgehead atoms. The van der Waals surface area contributed by atoms with Gasteiger partial charge in [0.25, 0.3) is 0 Å². The average Bonchev–Trinajstić information content (AvgIpc) is 2.73. The van der Waals surface area contributed by atoms with Gasteiger partial charge >= 0.3 is 0 Å². The summed E-state index contributed by atoms with van der Waals surface area (Å²) < 4.78 is 13.7. The lowest BCUT2D eigenvalue weighted by Crippen LogP contribution is -2.51. The molecular formula is C19H23FN2O. The topological polar surface area (TPSA) is 24.8 Å². The Morgan fingerprint density at radius 1 is 1.26 bits per heavy atom. The van der Waals surface area contributed by atoms with Crippen molar-refractivity contribution < 1.29 is 9.23 Å². The number of hydrogen-bond acceptors (Lipinski definition) is 3. The molecule has 3 nitrogen and oxygen atoms in total. The summed E-state index contributed by atoms with van der Waals surface area (Å²) in [6.07, 6.45) is 8.42. The third-order valence-electron chi connectivity index (χ3n) is 5.40. The van der Waals surface area contributed by atoms with Crippen molar-refractivity contribution in [1.82, 2.24) is 4.90 Å². The fraction of sp³-hybridized carbons (Fsp3) is 0.526. The average molecular weight is 314 g/mol. The van der Waals surface area contributed by atoms with Gasteiger partial charge in [-0.05, 0) is 68.7 Å². The second-order valence-electron chi connectivity index (χ2n) is 6.85. The molecule has 0 amide bonds. The molecule has 0 aromatic heterocycles. The van der Waals surface area contributed by atoms with Crippen LogP contribution in [0.15, 0.2) is 35.0 Å². The van der Waals surface area contributed by atoms with Crippen LogP contribution >= 0.6 is 0 Å². The van der Waals surface area contributed by atoms with Crippen molar-refractivity contribution in [2.45, 2.75) is 51.0 Å². The van der Waals surface area contributed by atoms with Gasteiger partial charge in [-0.3, -0.25) is 0 Å². The lowest BCUT2D eigenvalue weighted by atomic mass is 9.86. The number of hydrogen-bond donors (Lipinski definition) is 0. The molecule has 2 heterocycles. The lowest BCUT2D eigenvalue weighted by Gasteiger charge is -2.44. The molecule has 0 radical (unpaired) electrons. The monoisotopic (exact) mass is 314 g/mol. The molecule has 1 atom stereocenters. The van der Waals surface area contributed by atoms with Gasteiger partial charge in [-0.25, -0.2) is 4.39 Å². The van der Waals surface area contributed by atoms with Crippen LogP contribution in [0.25, 0.3) is 0 Å². The Labute approximate surface area is 136 Å². The molecule has 1 aliphatic carbocycles. The first kappa shape index (κ1) is 14.7. The van der Waals surface area contributed by atoms with E-state index in [-0.39, 0.29) is 5.82 Å². The number of nitrogens with zero attached hydrogens (tertiary/aromatic N) is 2. The Kier molecular flexibility index (Phi) is 3.63. The fourth-order valence-electron chi connectivity index (χ4n) is 4.23. The van der Waals surface area contributed by atoms with Crippen LogP contribution < -0.4 is 0 Å². The highest BCUT2D eigenvalue weighted by molar-refractivity contribution is 5.98. The molecule has 1 aromatic rings. The summed E-state index contributed by atoms with van der Waals surface area (Å²) in [6, 6.07) is 5.15. The van der Waals surface area contributed by atoms with Crippen LogP contribution in [0.2, 0.25) is 0 Å². The maximum atomic E-state index is 13.7. The Morgan fingerprint density at radius 2 is 2.17 bits per heavy atom. The predicted molar refractivity (Wildman–Crippen MR) is 88.7 cm³/mol. The molecule has 1 spiro atoms. The highest BCUT2D eigenvalue weighted by atomic mass is 19.1. The van der Waals surface area contributed by atoms with E-state index in [1.165, 1.54) is 5.57 Å². The largest absolute Gasteiger partial charge is 0.381 e. The molecule has 122 valence electrons. The van der Waals surface area contributed by atoms with Crippen molar-refractivity contribution in [2.75, 3.05) is 13.1 Å². The van der Waals surface area contributed by atoms with Gasteiger partial charge < -0.3 is 9.74 Å². The van der Waals surface area contributed by atoms with Crippen molar-refractivity contribution in [1.29, 1.82) is 0 Å². The zero-order valence-corrected chi connectivity index (χ0v) is 13.6. The van der Waals surface area contributed by atoms with E-state index in [4.69, 9.17) is 4.84 Å². The third-order valence-corrected chi connectivity index (χ3v) is 5.40. The fourth-order valence-corrected chi connectivity index (χ4v) is 4.23. The van der Waals surface area contributed by atoms with Gasteiger partial charge in [0.15, 0.2) is 11.4 Å². The summed E-state index contributed by atoms with van der Waals surface area (Å²) in [7, 11) is 0. The molecule has 1 saturated heterocycles. The number of aryl methyl sites for hydroxylation is 1. The van der Waals surface area contributed by atoms with Gasteiger partial charge in [-0.15, -0.1) is 0 Å². The quantitative estimate of drug-likeness (QED) is 0.719. The van der Waals surface area contributed by atoms with E-state index in [1.54, 1.807) is 12.1 Å². The summed E-state index contributed by atoms with van der Waals surface area (Å²) in [5.74, 6) is 0.840. The van der Waals surface area contributed by atoms with Crippen LogP contribution in [0.5, 0.6) is 0 Å². The molecule has 1 fully saturated rings. The van der Waals surface area contributed by atoms with Crippen molar-refractivity contribution >= 4 is 5.84 Å². The van der Waals surface area contributed by atoms with E-state index >= 15 is 0 Å². The van der Waals surface area contributed by atoms with Gasteiger partial charge in [0.05, 0.1) is 6.54 Å². The van der Waals surface area contributed by atoms with Crippen LogP contribution in [0, 0.1) is 5.82 Å². The highest BCUT2D eigenvalue weighted by Gasteiger charge is 2.44. The Morgan fingerprint density at radius 3 is 3.04 bits per heavy atom. The lowest BCUT2D eigenvalue weighted by molar-refractivity contribution is -0.0855. The predicted octanol–water partition coefficient (Wildman–Crippen LogP) is 4.13. The molecule has 23 heavy (non-hydrogen) atoms. The van der Waals surface area contributed by atoms with Gasteiger partial charge in [0.1, 0.15) is 5.82 Å². The number of oxime groups is 1. The Hall–Kier alpha value is -1.84. The van der Waals surface area contributed by atoms with E-state index in [1.807, 2.05) is 6.07 Å². The number of benzene rings is 1. The van der Waals surface area contributed by atoms with Crippen molar-refractivity contribution in [3.63, 3.8) is 0 Å². The summed E-state index contributed by atoms with van der Waals surface area (Å²) in [5, 5.41) is 4.52. The number of rotatable bonds is 0. The molecule has 2 aliphatic heterocycles. The maximum absolute atomic E-state index is 13.7. The van der Waals surface area contributed by atoms with Gasteiger partial charge in [0.2, 0.25) is 0 Å². The Bertz CT molecular complexity index is 682. The summed E-state index contributed by atoms with van der Waals surface area (Å²) in [5.41, 5.74) is 3.08. The SMILES string of the molecule is C/C=C1\CCCN2CC3(CCCCc4cc(F)ccc43)ON=C12. The number of amidine groups is 1. The zero-order valence-electron chi connectivity index (χ0n) is 13.6. The first-order valence-electron chi connectivity index (χ1n) is 8.67. The molecule has 0 saturated carbocycles. The van der Waals surface area contributed by atoms with E-state index in [9.17, 15) is 4.39 Å². The molecule has 3 aliphatic rings. The van der Waals surface area contributed by atoms with E-state index in [0.29, 0.717) is 0 Å². The molecule has 1 unspecified atom stereocenters. The second-order valence-corrected chi connectivity index (χ2v) is 6.85. The molecule has 0 N–H and O–H groups in total. The van der Waals surface area contributed by atoms with E-state index in [0.717, 1.165) is 68.6 Å². The van der Waals surface area contributed by atoms with E-state index in [2.05, 4.69) is 23.1 Å². The smallest absolute Gasteiger partial charge is 0.180 e. The zero-order chi connectivity index (χ0) is 15.9. The van der Waals surface area contributed by atoms with Crippen LogP contribution in [-0.4, -0.2) is 23.8 Å². The van der Waals surface area contributed by atoms with Crippen molar-refractivity contribution in [3.8, 4) is 0 Å². The molecule has 4 heteroatoms. The maximum Gasteiger partial charge on any atom is 0.180 e. The van der Waals surface area contributed by atoms with Crippen LogP contribution in [-0.2, 0) is 16.9 Å². The number of piperidine rings is 1. The molecule has 1 aromatic carbocycles. The minimum absolute atomic E-state index is 0.157. The summed E-state index contributed by atoms with van der Waals surface area (Å²) in [6.45, 7) is 3.91. The van der Waals surface area contributed by atoms with Gasteiger partial charge in [-0.1, -0.05) is 17.3 Å². The first-order chi connectivity index (χ1) is 11.2. The second kappa shape index (κ2) is 5.66. The number of halogens is 1. The van der Waals surface area contributed by atoms with Crippen LogP contribution in [0.3, 0.4) is 0 Å². The number of fused-ring (bicyclic) bond motifs is 3. The van der Waals surface area contributed by atoms with E-state index < -0.39 is 5.60 Å². The third kappa shape index (κ3) is 2.44. The van der Waals surface area contributed by atoms with Gasteiger partial charge in [0, 0.05) is 12.1 Å². The molecule has 4 rings (SSSR count). The van der Waals surface area contributed by atoms with Crippen molar-refractivity contribution in [3.05, 3.63) is 46.8 Å².